The molecule has 1 fully saturated rings. The predicted molar refractivity (Wildman–Crippen MR) is 106 cm³/mol. The lowest BCUT2D eigenvalue weighted by atomic mass is 10.0. The Morgan fingerprint density at radius 3 is 2.69 bits per heavy atom. The molecule has 2 aromatic rings. The van der Waals surface area contributed by atoms with Gasteiger partial charge < -0.3 is 4.90 Å². The summed E-state index contributed by atoms with van der Waals surface area (Å²) in [5, 5.41) is 0. The van der Waals surface area contributed by atoms with Crippen molar-refractivity contribution in [3.05, 3.63) is 47.7 Å². The van der Waals surface area contributed by atoms with Crippen LogP contribution in [-0.4, -0.2) is 45.5 Å². The van der Waals surface area contributed by atoms with Crippen LogP contribution in [0.4, 0.5) is 5.82 Å². The van der Waals surface area contributed by atoms with Gasteiger partial charge in [-0.15, -0.1) is 0 Å². The van der Waals surface area contributed by atoms with Crippen LogP contribution >= 0.6 is 0 Å². The van der Waals surface area contributed by atoms with Crippen LogP contribution < -0.4 is 4.90 Å². The van der Waals surface area contributed by atoms with Crippen molar-refractivity contribution in [2.45, 2.75) is 59.0 Å². The molecular formula is C21H31N5. The Bertz CT molecular complexity index is 701. The second-order valence-electron chi connectivity index (χ2n) is 7.51. The molecule has 3 rings (SSSR count). The number of piperidine rings is 1. The quantitative estimate of drug-likeness (QED) is 0.790. The van der Waals surface area contributed by atoms with Gasteiger partial charge >= 0.3 is 0 Å². The highest BCUT2D eigenvalue weighted by Gasteiger charge is 2.26. The molecule has 0 aromatic carbocycles. The lowest BCUT2D eigenvalue weighted by molar-refractivity contribution is 0.176. The highest BCUT2D eigenvalue weighted by molar-refractivity contribution is 5.41. The molecule has 140 valence electrons. The summed E-state index contributed by atoms with van der Waals surface area (Å²) in [7, 11) is 0. The van der Waals surface area contributed by atoms with E-state index in [1.54, 1.807) is 0 Å². The number of aromatic nitrogens is 3. The summed E-state index contributed by atoms with van der Waals surface area (Å²) in [5.74, 6) is 2.39. The van der Waals surface area contributed by atoms with Crippen molar-refractivity contribution >= 4 is 5.82 Å². The van der Waals surface area contributed by atoms with Crippen LogP contribution in [0, 0.1) is 6.92 Å². The molecule has 1 aliphatic rings. The van der Waals surface area contributed by atoms with E-state index in [4.69, 9.17) is 4.98 Å². The molecule has 1 saturated heterocycles. The van der Waals surface area contributed by atoms with E-state index in [9.17, 15) is 0 Å². The first-order valence-corrected chi connectivity index (χ1v) is 9.80. The molecular weight excluding hydrogens is 322 g/mol. The van der Waals surface area contributed by atoms with Gasteiger partial charge in [0, 0.05) is 49.8 Å². The largest absolute Gasteiger partial charge is 0.355 e. The van der Waals surface area contributed by atoms with Crippen molar-refractivity contribution in [1.29, 1.82) is 0 Å². The van der Waals surface area contributed by atoms with Crippen LogP contribution in [0.3, 0.4) is 0 Å². The zero-order valence-electron chi connectivity index (χ0n) is 16.5. The van der Waals surface area contributed by atoms with E-state index >= 15 is 0 Å². The van der Waals surface area contributed by atoms with Gasteiger partial charge in [0.2, 0.25) is 0 Å². The Labute approximate surface area is 157 Å². The Hall–Kier alpha value is -2.01. The van der Waals surface area contributed by atoms with Crippen molar-refractivity contribution < 1.29 is 0 Å². The van der Waals surface area contributed by atoms with Gasteiger partial charge in [0.05, 0.1) is 0 Å². The van der Waals surface area contributed by atoms with E-state index in [1.807, 2.05) is 19.3 Å². The standard InChI is InChI=1S/C21H31N5/c1-5-25(14-18-8-10-22-11-9-18)19-7-6-12-26(15-19)21-13-20(16(2)3)23-17(4)24-21/h8-11,13,16,19H,5-7,12,14-15H2,1-4H3. The lowest BCUT2D eigenvalue weighted by Gasteiger charge is -2.39. The normalized spacial score (nSPS) is 17.9. The number of aryl methyl sites for hydroxylation is 1. The predicted octanol–water partition coefficient (Wildman–Crippen LogP) is 3.79. The smallest absolute Gasteiger partial charge is 0.132 e. The maximum atomic E-state index is 4.73. The summed E-state index contributed by atoms with van der Waals surface area (Å²) in [6.45, 7) is 12.8. The Balaban J connectivity index is 1.74. The summed E-state index contributed by atoms with van der Waals surface area (Å²) in [5.41, 5.74) is 2.47. The molecule has 0 N–H and O–H groups in total. The Kier molecular flexibility index (Phi) is 6.20. The van der Waals surface area contributed by atoms with E-state index in [-0.39, 0.29) is 0 Å². The first kappa shape index (κ1) is 18.8. The Morgan fingerprint density at radius 1 is 1.23 bits per heavy atom. The number of nitrogens with zero attached hydrogens (tertiary/aromatic N) is 5. The zero-order chi connectivity index (χ0) is 18.5. The van der Waals surface area contributed by atoms with Gasteiger partial charge in [-0.3, -0.25) is 9.88 Å². The highest BCUT2D eigenvalue weighted by atomic mass is 15.3. The molecule has 3 heterocycles. The van der Waals surface area contributed by atoms with Crippen LogP contribution in [0.2, 0.25) is 0 Å². The number of pyridine rings is 1. The molecule has 1 unspecified atom stereocenters. The molecule has 0 radical (unpaired) electrons. The third-order valence-corrected chi connectivity index (χ3v) is 5.21. The molecule has 26 heavy (non-hydrogen) atoms. The van der Waals surface area contributed by atoms with E-state index in [1.165, 1.54) is 18.4 Å². The summed E-state index contributed by atoms with van der Waals surface area (Å²) >= 11 is 0. The maximum Gasteiger partial charge on any atom is 0.132 e. The average molecular weight is 354 g/mol. The Morgan fingerprint density at radius 2 is 2.00 bits per heavy atom. The van der Waals surface area contributed by atoms with E-state index < -0.39 is 0 Å². The minimum atomic E-state index is 0.426. The van der Waals surface area contributed by atoms with Crippen LogP contribution in [0.5, 0.6) is 0 Å². The molecule has 1 atom stereocenters. The number of likely N-dealkylation sites (N-methyl/N-ethyl adjacent to an activating group) is 1. The third-order valence-electron chi connectivity index (χ3n) is 5.21. The second kappa shape index (κ2) is 8.58. The van der Waals surface area contributed by atoms with Crippen LogP contribution in [0.1, 0.15) is 56.6 Å². The van der Waals surface area contributed by atoms with Gasteiger partial charge in [0.15, 0.2) is 0 Å². The van der Waals surface area contributed by atoms with Crippen molar-refractivity contribution in [2.24, 2.45) is 0 Å². The monoisotopic (exact) mass is 353 g/mol. The number of rotatable bonds is 6. The topological polar surface area (TPSA) is 45.2 Å². The van der Waals surface area contributed by atoms with Crippen molar-refractivity contribution in [2.75, 3.05) is 24.5 Å². The molecule has 0 aliphatic carbocycles. The summed E-state index contributed by atoms with van der Waals surface area (Å²) in [6.07, 6.45) is 6.22. The van der Waals surface area contributed by atoms with Crippen LogP contribution in [0.15, 0.2) is 30.6 Å². The SMILES string of the molecule is CCN(Cc1ccncc1)C1CCCN(c2cc(C(C)C)nc(C)n2)C1. The van der Waals surface area contributed by atoms with Crippen LogP contribution in [0.25, 0.3) is 0 Å². The number of anilines is 1. The fraction of sp³-hybridized carbons (Fsp3) is 0.571. The molecule has 5 nitrogen and oxygen atoms in total. The summed E-state index contributed by atoms with van der Waals surface area (Å²) < 4.78 is 0. The van der Waals surface area contributed by atoms with E-state index in [0.717, 1.165) is 43.5 Å². The summed E-state index contributed by atoms with van der Waals surface area (Å²) in [4.78, 5) is 18.5. The molecule has 2 aromatic heterocycles. The zero-order valence-corrected chi connectivity index (χ0v) is 16.5. The van der Waals surface area contributed by atoms with Gasteiger partial charge in [0.25, 0.3) is 0 Å². The molecule has 0 spiro atoms. The first-order valence-electron chi connectivity index (χ1n) is 9.80. The van der Waals surface area contributed by atoms with Gasteiger partial charge in [-0.2, -0.15) is 0 Å². The summed E-state index contributed by atoms with van der Waals surface area (Å²) in [6, 6.07) is 6.97. The molecule has 1 aliphatic heterocycles. The maximum absolute atomic E-state index is 4.73. The fourth-order valence-electron chi connectivity index (χ4n) is 3.71. The number of hydrogen-bond acceptors (Lipinski definition) is 5. The van der Waals surface area contributed by atoms with Gasteiger partial charge in [0.1, 0.15) is 11.6 Å². The average Bonchev–Trinajstić information content (AvgIpc) is 2.66. The lowest BCUT2D eigenvalue weighted by Crippen LogP contribution is -2.48. The van der Waals surface area contributed by atoms with Crippen molar-refractivity contribution in [3.8, 4) is 0 Å². The van der Waals surface area contributed by atoms with Gasteiger partial charge in [-0.05, 0) is 49.9 Å². The minimum absolute atomic E-state index is 0.426. The van der Waals surface area contributed by atoms with Gasteiger partial charge in [-0.1, -0.05) is 20.8 Å². The molecule has 5 heteroatoms. The molecule has 0 saturated carbocycles. The minimum Gasteiger partial charge on any atom is -0.355 e. The molecule has 0 amide bonds. The van der Waals surface area contributed by atoms with E-state index in [0.29, 0.717) is 12.0 Å². The third kappa shape index (κ3) is 4.58. The molecule has 0 bridgehead atoms. The second-order valence-corrected chi connectivity index (χ2v) is 7.51. The van der Waals surface area contributed by atoms with E-state index in [2.05, 4.69) is 58.7 Å². The van der Waals surface area contributed by atoms with Gasteiger partial charge in [-0.25, -0.2) is 9.97 Å². The van der Waals surface area contributed by atoms with Crippen LogP contribution in [-0.2, 0) is 6.54 Å². The number of hydrogen-bond donors (Lipinski definition) is 0. The van der Waals surface area contributed by atoms with Crippen molar-refractivity contribution in [3.63, 3.8) is 0 Å². The fourth-order valence-corrected chi connectivity index (χ4v) is 3.71. The first-order chi connectivity index (χ1) is 12.6. The van der Waals surface area contributed by atoms with Crippen molar-refractivity contribution in [1.82, 2.24) is 19.9 Å². The highest BCUT2D eigenvalue weighted by Crippen LogP contribution is 2.24.